The molecule has 2 aromatic rings. The molecule has 0 amide bonds. The van der Waals surface area contributed by atoms with Crippen molar-refractivity contribution in [1.29, 1.82) is 0 Å². The van der Waals surface area contributed by atoms with Gasteiger partial charge in [-0.25, -0.2) is 0 Å². The molecule has 104 valence electrons. The Morgan fingerprint density at radius 1 is 1.05 bits per heavy atom. The maximum absolute atomic E-state index is 11.4. The van der Waals surface area contributed by atoms with Crippen LogP contribution in [-0.2, 0) is 3.74 Å². The Kier molecular flexibility index (Phi) is 3.99. The number of benzene rings is 2. The van der Waals surface area contributed by atoms with Gasteiger partial charge in [0.15, 0.2) is 0 Å². The Labute approximate surface area is 117 Å². The van der Waals surface area contributed by atoms with Crippen LogP contribution in [0.5, 0.6) is 11.5 Å². The molecule has 2 aromatic carbocycles. The van der Waals surface area contributed by atoms with E-state index in [0.717, 1.165) is 6.07 Å². The first-order valence-corrected chi connectivity index (χ1v) is 8.97. The first kappa shape index (κ1) is 14.4. The summed E-state index contributed by atoms with van der Waals surface area (Å²) in [5, 5.41) is 18.8. The summed E-state index contributed by atoms with van der Waals surface area (Å²) in [5.74, 6) is -0.258. The third-order valence-electron chi connectivity index (χ3n) is 2.55. The van der Waals surface area contributed by atoms with Gasteiger partial charge >= 0.3 is 117 Å². The molecule has 4 N–H and O–H groups in total. The van der Waals surface area contributed by atoms with Crippen molar-refractivity contribution in [2.75, 3.05) is 0 Å². The van der Waals surface area contributed by atoms with Crippen LogP contribution in [0.15, 0.2) is 47.5 Å². The first-order valence-electron chi connectivity index (χ1n) is 5.59. The van der Waals surface area contributed by atoms with E-state index in [1.165, 1.54) is 36.5 Å². The summed E-state index contributed by atoms with van der Waals surface area (Å²) < 4.78 is 29.8. The molecule has 0 saturated heterocycles. The van der Waals surface area contributed by atoms with E-state index in [2.05, 4.69) is 4.99 Å². The summed E-state index contributed by atoms with van der Waals surface area (Å²) in [6.45, 7) is 0. The zero-order valence-corrected chi connectivity index (χ0v) is 12.1. The summed E-state index contributed by atoms with van der Waals surface area (Å²) in [7, 11) is 0. The number of para-hydroxylation sites is 1. The van der Waals surface area contributed by atoms with Crippen LogP contribution in [-0.4, -0.2) is 38.8 Å². The van der Waals surface area contributed by atoms with E-state index < -0.39 is 14.2 Å². The Hall–Kier alpha value is -2.01. The van der Waals surface area contributed by atoms with Gasteiger partial charge in [0.2, 0.25) is 0 Å². The van der Waals surface area contributed by atoms with Crippen LogP contribution in [0.3, 0.4) is 0 Å². The Bertz CT molecular complexity index is 708. The van der Waals surface area contributed by atoms with E-state index in [1.54, 1.807) is 6.07 Å². The minimum atomic E-state index is -5.05. The van der Waals surface area contributed by atoms with E-state index in [0.29, 0.717) is 5.56 Å². The number of hydrogen-bond acceptors (Lipinski definition) is 4. The predicted octanol–water partition coefficient (Wildman–Crippen LogP) is 0.409. The minimum absolute atomic E-state index is 0.0847. The SMILES string of the molecule is O=[As](O)(O)c1ccccc1N=Cc1ccc(O)cc1O. The van der Waals surface area contributed by atoms with Gasteiger partial charge in [0.05, 0.1) is 0 Å². The van der Waals surface area contributed by atoms with Gasteiger partial charge in [-0.1, -0.05) is 0 Å². The molecule has 0 bridgehead atoms. The van der Waals surface area contributed by atoms with Crippen LogP contribution in [0.25, 0.3) is 0 Å². The second-order valence-corrected chi connectivity index (χ2v) is 7.33. The van der Waals surface area contributed by atoms with Gasteiger partial charge < -0.3 is 0 Å². The van der Waals surface area contributed by atoms with E-state index in [9.17, 15) is 17.0 Å². The molecule has 2 rings (SSSR count). The third kappa shape index (κ3) is 3.30. The third-order valence-corrected chi connectivity index (χ3v) is 4.66. The molecule has 20 heavy (non-hydrogen) atoms. The van der Waals surface area contributed by atoms with E-state index in [4.69, 9.17) is 5.11 Å². The van der Waals surface area contributed by atoms with Crippen molar-refractivity contribution in [2.24, 2.45) is 4.99 Å². The molecular formula is C13H12AsNO5. The van der Waals surface area contributed by atoms with Gasteiger partial charge in [0, 0.05) is 0 Å². The maximum atomic E-state index is 11.4. The normalized spacial score (nSPS) is 11.9. The number of rotatable bonds is 3. The van der Waals surface area contributed by atoms with Gasteiger partial charge in [-0.05, 0) is 0 Å². The van der Waals surface area contributed by atoms with Crippen LogP contribution in [0.2, 0.25) is 0 Å². The Morgan fingerprint density at radius 3 is 2.40 bits per heavy atom. The molecule has 0 aromatic heterocycles. The average Bonchev–Trinajstić information content (AvgIpc) is 2.37. The predicted molar refractivity (Wildman–Crippen MR) is 74.0 cm³/mol. The fraction of sp³-hybridized carbons (Fsp3) is 0. The Morgan fingerprint density at radius 2 is 1.75 bits per heavy atom. The van der Waals surface area contributed by atoms with Crippen LogP contribution in [0.4, 0.5) is 5.69 Å². The summed E-state index contributed by atoms with van der Waals surface area (Å²) in [4.78, 5) is 3.99. The van der Waals surface area contributed by atoms with Crippen molar-refractivity contribution >= 4 is 30.4 Å². The molecule has 0 aliphatic rings. The van der Waals surface area contributed by atoms with Gasteiger partial charge in [0.1, 0.15) is 0 Å². The van der Waals surface area contributed by atoms with Crippen molar-refractivity contribution in [3.63, 3.8) is 0 Å². The summed E-state index contributed by atoms with van der Waals surface area (Å²) >= 11 is -5.05. The van der Waals surface area contributed by atoms with Crippen molar-refractivity contribution in [2.45, 2.75) is 0 Å². The molecule has 0 saturated carbocycles. The van der Waals surface area contributed by atoms with Crippen molar-refractivity contribution in [3.05, 3.63) is 48.0 Å². The van der Waals surface area contributed by atoms with E-state index >= 15 is 0 Å². The number of aliphatic imine (C=N–C) groups is 1. The molecule has 0 unspecified atom stereocenters. The molecule has 0 heterocycles. The zero-order chi connectivity index (χ0) is 14.8. The zero-order valence-electron chi connectivity index (χ0n) is 10.2. The molecule has 7 heteroatoms. The standard InChI is InChI=1S/C13H12AsNO5/c16-10-6-5-9(13(17)7-10)8-15-12-4-2-1-3-11(12)14(18,19)20/h1-8,16-17H,(H2,18,19,20). The van der Waals surface area contributed by atoms with Crippen LogP contribution in [0.1, 0.15) is 5.56 Å². The molecule has 0 aliphatic carbocycles. The van der Waals surface area contributed by atoms with Crippen molar-refractivity contribution in [1.82, 2.24) is 0 Å². The van der Waals surface area contributed by atoms with Crippen molar-refractivity contribution in [3.8, 4) is 11.5 Å². The van der Waals surface area contributed by atoms with Crippen LogP contribution >= 0.6 is 0 Å². The molecule has 0 fully saturated rings. The molecule has 6 nitrogen and oxygen atoms in total. The van der Waals surface area contributed by atoms with Crippen LogP contribution < -0.4 is 4.35 Å². The van der Waals surface area contributed by atoms with Crippen LogP contribution in [0, 0.1) is 0 Å². The van der Waals surface area contributed by atoms with Gasteiger partial charge in [-0.2, -0.15) is 0 Å². The second kappa shape index (κ2) is 5.54. The number of phenolic OH excluding ortho intramolecular Hbond substituents is 2. The monoisotopic (exact) mass is 337 g/mol. The summed E-state index contributed by atoms with van der Waals surface area (Å²) in [6, 6.07) is 9.90. The molecule has 0 aliphatic heterocycles. The average molecular weight is 337 g/mol. The second-order valence-electron chi connectivity index (χ2n) is 4.03. The van der Waals surface area contributed by atoms with E-state index in [1.807, 2.05) is 0 Å². The fourth-order valence-corrected chi connectivity index (χ4v) is 3.09. The van der Waals surface area contributed by atoms with Gasteiger partial charge in [0.25, 0.3) is 0 Å². The molecule has 0 atom stereocenters. The summed E-state index contributed by atoms with van der Waals surface area (Å²) in [5.41, 5.74) is 0.475. The molecular weight excluding hydrogens is 325 g/mol. The number of nitrogens with zero attached hydrogens (tertiary/aromatic N) is 1. The molecule has 0 spiro atoms. The van der Waals surface area contributed by atoms with E-state index in [-0.39, 0.29) is 21.5 Å². The van der Waals surface area contributed by atoms with Gasteiger partial charge in [-0.15, -0.1) is 0 Å². The number of aromatic hydroxyl groups is 2. The number of phenols is 2. The topological polar surface area (TPSA) is 110 Å². The van der Waals surface area contributed by atoms with Crippen molar-refractivity contribution < 1.29 is 22.1 Å². The first-order chi connectivity index (χ1) is 9.38. The Balaban J connectivity index is 2.40. The quantitative estimate of drug-likeness (QED) is 0.479. The molecule has 0 radical (unpaired) electrons. The van der Waals surface area contributed by atoms with Gasteiger partial charge in [-0.3, -0.25) is 0 Å². The number of hydrogen-bond donors (Lipinski definition) is 4. The fourth-order valence-electron chi connectivity index (χ4n) is 1.60. The summed E-state index contributed by atoms with van der Waals surface area (Å²) in [6.07, 6.45) is 1.28.